The molecule has 88 valence electrons. The minimum absolute atomic E-state index is 0.115. The van der Waals surface area contributed by atoms with Crippen LogP contribution in [0.5, 0.6) is 0 Å². The lowest BCUT2D eigenvalue weighted by molar-refractivity contribution is -0.138. The van der Waals surface area contributed by atoms with Crippen LogP contribution in [-0.4, -0.2) is 46.0 Å². The van der Waals surface area contributed by atoms with Crippen molar-refractivity contribution in [3.8, 4) is 0 Å². The Balaban J connectivity index is 1.92. The number of carboxylic acid groups (broad SMARTS) is 1. The van der Waals surface area contributed by atoms with Crippen molar-refractivity contribution in [2.24, 2.45) is 0 Å². The maximum Gasteiger partial charge on any atom is 0.321 e. The van der Waals surface area contributed by atoms with Crippen LogP contribution < -0.4 is 10.6 Å². The predicted octanol–water partition coefficient (Wildman–Crippen LogP) is -1.05. The molecule has 16 heavy (non-hydrogen) atoms. The third-order valence-corrected chi connectivity index (χ3v) is 3.90. The minimum Gasteiger partial charge on any atom is -0.480 e. The lowest BCUT2D eigenvalue weighted by Crippen LogP contribution is -2.46. The van der Waals surface area contributed by atoms with E-state index in [4.69, 9.17) is 5.11 Å². The molecular weight excluding hydrogens is 232 g/mol. The molecule has 3 atom stereocenters. The van der Waals surface area contributed by atoms with Crippen LogP contribution in [0, 0.1) is 0 Å². The summed E-state index contributed by atoms with van der Waals surface area (Å²) in [5.74, 6) is -0.805. The van der Waals surface area contributed by atoms with Gasteiger partial charge in [-0.25, -0.2) is 0 Å². The van der Waals surface area contributed by atoms with Crippen molar-refractivity contribution in [2.75, 3.05) is 5.75 Å². The summed E-state index contributed by atoms with van der Waals surface area (Å²) in [7, 11) is 0. The zero-order valence-electron chi connectivity index (χ0n) is 8.43. The van der Waals surface area contributed by atoms with Crippen LogP contribution in [0.4, 0.5) is 0 Å². The van der Waals surface area contributed by atoms with E-state index < -0.39 is 23.4 Å². The number of amides is 1. The van der Waals surface area contributed by atoms with Gasteiger partial charge in [-0.2, -0.15) is 0 Å². The fourth-order valence-electron chi connectivity index (χ4n) is 1.79. The standard InChI is InChI=1S/C9H12N2O4S/c12-6-2-1-4(10-6)7(13)8-11-5(3-16-8)9(14)15/h4-5,8,11H,1-3H2,(H,10,12)(H,14,15)/t4-,5+,8-/m0/s1. The third kappa shape index (κ3) is 2.19. The molecule has 0 aromatic heterocycles. The molecule has 0 aliphatic carbocycles. The van der Waals surface area contributed by atoms with Crippen molar-refractivity contribution in [3.63, 3.8) is 0 Å². The van der Waals surface area contributed by atoms with E-state index in [-0.39, 0.29) is 11.7 Å². The topological polar surface area (TPSA) is 95.5 Å². The Morgan fingerprint density at radius 2 is 2.12 bits per heavy atom. The molecule has 0 unspecified atom stereocenters. The predicted molar refractivity (Wildman–Crippen MR) is 57.0 cm³/mol. The van der Waals surface area contributed by atoms with E-state index in [9.17, 15) is 14.4 Å². The van der Waals surface area contributed by atoms with E-state index in [1.54, 1.807) is 0 Å². The number of carbonyl (C=O) groups is 3. The Hall–Kier alpha value is -1.08. The number of thioether (sulfide) groups is 1. The van der Waals surface area contributed by atoms with Crippen LogP contribution >= 0.6 is 11.8 Å². The summed E-state index contributed by atoms with van der Waals surface area (Å²) in [5.41, 5.74) is 0. The van der Waals surface area contributed by atoms with E-state index in [1.807, 2.05) is 0 Å². The Morgan fingerprint density at radius 1 is 1.38 bits per heavy atom. The number of hydrogen-bond acceptors (Lipinski definition) is 5. The van der Waals surface area contributed by atoms with Gasteiger partial charge >= 0.3 is 5.97 Å². The van der Waals surface area contributed by atoms with Gasteiger partial charge in [0, 0.05) is 12.2 Å². The summed E-state index contributed by atoms with van der Waals surface area (Å²) in [5, 5.41) is 13.6. The Bertz CT molecular complexity index is 346. The number of hydrogen-bond donors (Lipinski definition) is 3. The first-order valence-corrected chi connectivity index (χ1v) is 6.06. The minimum atomic E-state index is -0.946. The van der Waals surface area contributed by atoms with E-state index in [1.165, 1.54) is 11.8 Å². The summed E-state index contributed by atoms with van der Waals surface area (Å²) in [4.78, 5) is 33.5. The second-order valence-corrected chi connectivity index (χ2v) is 4.97. The molecule has 0 radical (unpaired) electrons. The molecule has 0 aromatic carbocycles. The second kappa shape index (κ2) is 4.42. The molecule has 2 aliphatic heterocycles. The van der Waals surface area contributed by atoms with Crippen molar-refractivity contribution in [3.05, 3.63) is 0 Å². The molecule has 2 fully saturated rings. The van der Waals surface area contributed by atoms with Gasteiger partial charge in [0.25, 0.3) is 0 Å². The summed E-state index contributed by atoms with van der Waals surface area (Å²) in [6, 6.07) is -1.12. The fourth-order valence-corrected chi connectivity index (χ4v) is 3.00. The van der Waals surface area contributed by atoms with Gasteiger partial charge in [0.15, 0.2) is 5.78 Å². The first kappa shape index (κ1) is 11.4. The number of aliphatic carboxylic acids is 1. The molecule has 0 saturated carbocycles. The number of rotatable bonds is 3. The summed E-state index contributed by atoms with van der Waals surface area (Å²) in [6.07, 6.45) is 0.879. The number of Topliss-reactive ketones (excluding diaryl/α,β-unsaturated/α-hetero) is 1. The molecule has 6 nitrogen and oxygen atoms in total. The Morgan fingerprint density at radius 3 is 2.62 bits per heavy atom. The Labute approximate surface area is 96.1 Å². The van der Waals surface area contributed by atoms with Gasteiger partial charge in [0.05, 0.1) is 6.04 Å². The molecule has 2 saturated heterocycles. The van der Waals surface area contributed by atoms with E-state index in [2.05, 4.69) is 10.6 Å². The van der Waals surface area contributed by atoms with Crippen LogP contribution in [-0.2, 0) is 14.4 Å². The average Bonchev–Trinajstić information content (AvgIpc) is 2.84. The van der Waals surface area contributed by atoms with Gasteiger partial charge in [-0.3, -0.25) is 19.7 Å². The monoisotopic (exact) mass is 244 g/mol. The highest BCUT2D eigenvalue weighted by Gasteiger charge is 2.38. The highest BCUT2D eigenvalue weighted by atomic mass is 32.2. The summed E-state index contributed by atoms with van der Waals surface area (Å²) in [6.45, 7) is 0. The van der Waals surface area contributed by atoms with Crippen LogP contribution in [0.3, 0.4) is 0 Å². The van der Waals surface area contributed by atoms with Gasteiger partial charge in [-0.1, -0.05) is 0 Å². The van der Waals surface area contributed by atoms with Crippen LogP contribution in [0.25, 0.3) is 0 Å². The molecule has 1 amide bonds. The van der Waals surface area contributed by atoms with Gasteiger partial charge in [-0.05, 0) is 6.42 Å². The van der Waals surface area contributed by atoms with Gasteiger partial charge in [0.2, 0.25) is 5.91 Å². The molecule has 3 N–H and O–H groups in total. The first-order valence-electron chi connectivity index (χ1n) is 5.01. The van der Waals surface area contributed by atoms with E-state index >= 15 is 0 Å². The van der Waals surface area contributed by atoms with Gasteiger partial charge in [-0.15, -0.1) is 11.8 Å². The van der Waals surface area contributed by atoms with Crippen LogP contribution in [0.15, 0.2) is 0 Å². The Kier molecular flexibility index (Phi) is 3.15. The van der Waals surface area contributed by atoms with Gasteiger partial charge < -0.3 is 10.4 Å². The van der Waals surface area contributed by atoms with Gasteiger partial charge in [0.1, 0.15) is 11.4 Å². The maximum absolute atomic E-state index is 11.9. The fraction of sp³-hybridized carbons (Fsp3) is 0.667. The maximum atomic E-state index is 11.9. The number of carboxylic acids is 1. The quantitative estimate of drug-likeness (QED) is 0.586. The lowest BCUT2D eigenvalue weighted by Gasteiger charge is -2.14. The van der Waals surface area contributed by atoms with Crippen molar-refractivity contribution >= 4 is 29.4 Å². The van der Waals surface area contributed by atoms with E-state index in [0.29, 0.717) is 18.6 Å². The summed E-state index contributed by atoms with van der Waals surface area (Å²) >= 11 is 1.28. The smallest absolute Gasteiger partial charge is 0.321 e. The SMILES string of the molecule is O=C1CC[C@@H](C(=O)[C@H]2N[C@@H](C(=O)O)CS2)N1. The van der Waals surface area contributed by atoms with E-state index in [0.717, 1.165) is 0 Å². The lowest BCUT2D eigenvalue weighted by atomic mass is 10.1. The van der Waals surface area contributed by atoms with Crippen LogP contribution in [0.1, 0.15) is 12.8 Å². The average molecular weight is 244 g/mol. The zero-order valence-corrected chi connectivity index (χ0v) is 9.25. The molecule has 0 spiro atoms. The number of ketones is 1. The molecule has 2 heterocycles. The third-order valence-electron chi connectivity index (χ3n) is 2.68. The summed E-state index contributed by atoms with van der Waals surface area (Å²) < 4.78 is 0. The molecule has 0 aromatic rings. The molecular formula is C9H12N2O4S. The highest BCUT2D eigenvalue weighted by Crippen LogP contribution is 2.22. The van der Waals surface area contributed by atoms with Crippen molar-refractivity contribution in [1.29, 1.82) is 0 Å². The number of carbonyl (C=O) groups excluding carboxylic acids is 2. The van der Waals surface area contributed by atoms with Crippen molar-refractivity contribution in [1.82, 2.24) is 10.6 Å². The molecule has 7 heteroatoms. The first-order chi connectivity index (χ1) is 7.58. The molecule has 0 bridgehead atoms. The molecule has 2 rings (SSSR count). The van der Waals surface area contributed by atoms with Crippen molar-refractivity contribution < 1.29 is 19.5 Å². The number of nitrogens with one attached hydrogen (secondary N) is 2. The molecule has 2 aliphatic rings. The van der Waals surface area contributed by atoms with Crippen molar-refractivity contribution in [2.45, 2.75) is 30.3 Å². The normalized spacial score (nSPS) is 33.8. The zero-order chi connectivity index (χ0) is 11.7. The second-order valence-electron chi connectivity index (χ2n) is 3.83. The largest absolute Gasteiger partial charge is 0.480 e. The highest BCUT2D eigenvalue weighted by molar-refractivity contribution is 8.00. The van der Waals surface area contributed by atoms with Crippen LogP contribution in [0.2, 0.25) is 0 Å².